The van der Waals surface area contributed by atoms with Gasteiger partial charge in [-0.15, -0.1) is 0 Å². The maximum atomic E-state index is 11.7. The summed E-state index contributed by atoms with van der Waals surface area (Å²) in [4.78, 5) is 3.73. The molecule has 0 aliphatic heterocycles. The SMILES string of the molecule is C[C@H](N)c1nc(COCC(F)(F)F)no1. The fourth-order valence-electron chi connectivity index (χ4n) is 0.769. The van der Waals surface area contributed by atoms with Crippen molar-refractivity contribution in [3.05, 3.63) is 11.7 Å². The highest BCUT2D eigenvalue weighted by Gasteiger charge is 2.27. The summed E-state index contributed by atoms with van der Waals surface area (Å²) in [5, 5.41) is 3.40. The second-order valence-electron chi connectivity index (χ2n) is 2.95. The Morgan fingerprint density at radius 3 is 2.67 bits per heavy atom. The van der Waals surface area contributed by atoms with E-state index in [-0.39, 0.29) is 18.3 Å². The molecule has 86 valence electrons. The summed E-state index contributed by atoms with van der Waals surface area (Å²) in [6, 6.07) is -0.450. The van der Waals surface area contributed by atoms with Crippen molar-refractivity contribution >= 4 is 0 Å². The highest BCUT2D eigenvalue weighted by Crippen LogP contribution is 2.15. The minimum Gasteiger partial charge on any atom is -0.364 e. The first-order valence-electron chi connectivity index (χ1n) is 4.11. The number of nitrogens with two attached hydrogens (primary N) is 1. The molecule has 0 unspecified atom stereocenters. The van der Waals surface area contributed by atoms with E-state index in [2.05, 4.69) is 19.4 Å². The third-order valence-corrected chi connectivity index (χ3v) is 1.37. The summed E-state index contributed by atoms with van der Waals surface area (Å²) in [5.74, 6) is 0.215. The van der Waals surface area contributed by atoms with E-state index in [1.807, 2.05) is 0 Å². The summed E-state index contributed by atoms with van der Waals surface area (Å²) in [6.07, 6.45) is -4.35. The number of nitrogens with zero attached hydrogens (tertiary/aromatic N) is 2. The lowest BCUT2D eigenvalue weighted by molar-refractivity contribution is -0.177. The highest BCUT2D eigenvalue weighted by atomic mass is 19.4. The number of hydrogen-bond donors (Lipinski definition) is 1. The van der Waals surface area contributed by atoms with Gasteiger partial charge in [0, 0.05) is 0 Å². The molecule has 0 bridgehead atoms. The molecular weight excluding hydrogens is 215 g/mol. The van der Waals surface area contributed by atoms with Gasteiger partial charge in [-0.2, -0.15) is 18.2 Å². The Hall–Kier alpha value is -1.15. The van der Waals surface area contributed by atoms with Gasteiger partial charge in [0.1, 0.15) is 13.2 Å². The number of aromatic nitrogens is 2. The van der Waals surface area contributed by atoms with Gasteiger partial charge in [0.15, 0.2) is 5.82 Å². The van der Waals surface area contributed by atoms with Crippen molar-refractivity contribution in [2.24, 2.45) is 5.73 Å². The minimum atomic E-state index is -4.35. The third kappa shape index (κ3) is 4.26. The van der Waals surface area contributed by atoms with Gasteiger partial charge in [0.05, 0.1) is 6.04 Å². The Bertz CT molecular complexity index is 311. The van der Waals surface area contributed by atoms with Crippen LogP contribution in [0, 0.1) is 0 Å². The second kappa shape index (κ2) is 4.58. The lowest BCUT2D eigenvalue weighted by Crippen LogP contribution is -2.17. The molecule has 8 heteroatoms. The van der Waals surface area contributed by atoms with Crippen molar-refractivity contribution in [1.82, 2.24) is 10.1 Å². The lowest BCUT2D eigenvalue weighted by Gasteiger charge is -2.04. The Morgan fingerprint density at radius 1 is 1.53 bits per heavy atom. The van der Waals surface area contributed by atoms with Crippen LogP contribution in [-0.4, -0.2) is 22.9 Å². The van der Waals surface area contributed by atoms with Crippen LogP contribution in [0.5, 0.6) is 0 Å². The van der Waals surface area contributed by atoms with E-state index in [4.69, 9.17) is 5.73 Å². The van der Waals surface area contributed by atoms with Crippen LogP contribution >= 0.6 is 0 Å². The smallest absolute Gasteiger partial charge is 0.364 e. The molecule has 0 aliphatic carbocycles. The average molecular weight is 225 g/mol. The molecule has 1 rings (SSSR count). The summed E-state index contributed by atoms with van der Waals surface area (Å²) in [6.45, 7) is -0.0708. The zero-order valence-electron chi connectivity index (χ0n) is 7.91. The van der Waals surface area contributed by atoms with E-state index in [1.165, 1.54) is 0 Å². The predicted molar refractivity (Wildman–Crippen MR) is 42.6 cm³/mol. The molecule has 0 fully saturated rings. The van der Waals surface area contributed by atoms with Crippen LogP contribution in [0.3, 0.4) is 0 Å². The first-order chi connectivity index (χ1) is 6.88. The molecule has 0 saturated carbocycles. The molecule has 0 amide bonds. The number of rotatable bonds is 4. The fourth-order valence-corrected chi connectivity index (χ4v) is 0.769. The summed E-state index contributed by atoms with van der Waals surface area (Å²) in [5.41, 5.74) is 5.41. The van der Waals surface area contributed by atoms with Crippen molar-refractivity contribution in [3.63, 3.8) is 0 Å². The molecular formula is C7H10F3N3O2. The van der Waals surface area contributed by atoms with Crippen molar-refractivity contribution in [2.75, 3.05) is 6.61 Å². The molecule has 0 aliphatic rings. The maximum Gasteiger partial charge on any atom is 0.411 e. The normalized spacial score (nSPS) is 14.2. The Balaban J connectivity index is 2.38. The van der Waals surface area contributed by atoms with E-state index in [1.54, 1.807) is 6.92 Å². The van der Waals surface area contributed by atoms with Gasteiger partial charge in [-0.25, -0.2) is 0 Å². The molecule has 1 aromatic rings. The maximum absolute atomic E-state index is 11.7. The highest BCUT2D eigenvalue weighted by molar-refractivity contribution is 4.88. The monoisotopic (exact) mass is 225 g/mol. The molecule has 2 N–H and O–H groups in total. The Labute approximate surface area is 83.4 Å². The van der Waals surface area contributed by atoms with Crippen molar-refractivity contribution < 1.29 is 22.4 Å². The Kier molecular flexibility index (Phi) is 3.64. The molecule has 1 aromatic heterocycles. The summed E-state index contributed by atoms with van der Waals surface area (Å²) >= 11 is 0. The molecule has 0 radical (unpaired) electrons. The van der Waals surface area contributed by atoms with Crippen molar-refractivity contribution in [3.8, 4) is 0 Å². The molecule has 0 saturated heterocycles. The minimum absolute atomic E-state index is 0.0477. The predicted octanol–water partition coefficient (Wildman–Crippen LogP) is 1.17. The van der Waals surface area contributed by atoms with Crippen LogP contribution in [0.25, 0.3) is 0 Å². The standard InChI is InChI=1S/C7H10F3N3O2/c1-4(11)6-12-5(13-15-6)2-14-3-7(8,9)10/h4H,2-3,11H2,1H3/t4-/m0/s1. The first kappa shape index (κ1) is 11.9. The topological polar surface area (TPSA) is 74.2 Å². The largest absolute Gasteiger partial charge is 0.411 e. The lowest BCUT2D eigenvalue weighted by atomic mass is 10.4. The summed E-state index contributed by atoms with van der Waals surface area (Å²) < 4.78 is 44.0. The van der Waals surface area contributed by atoms with Crippen LogP contribution in [0.4, 0.5) is 13.2 Å². The van der Waals surface area contributed by atoms with Crippen LogP contribution in [0.2, 0.25) is 0 Å². The van der Waals surface area contributed by atoms with Gasteiger partial charge in [-0.1, -0.05) is 5.16 Å². The van der Waals surface area contributed by atoms with Crippen LogP contribution < -0.4 is 5.73 Å². The fraction of sp³-hybridized carbons (Fsp3) is 0.714. The molecule has 0 aromatic carbocycles. The van der Waals surface area contributed by atoms with Crippen LogP contribution in [0.1, 0.15) is 24.7 Å². The number of ether oxygens (including phenoxy) is 1. The van der Waals surface area contributed by atoms with Gasteiger partial charge in [-0.05, 0) is 6.92 Å². The zero-order chi connectivity index (χ0) is 11.5. The van der Waals surface area contributed by atoms with Gasteiger partial charge in [0.2, 0.25) is 5.89 Å². The summed E-state index contributed by atoms with van der Waals surface area (Å²) in [7, 11) is 0. The zero-order valence-corrected chi connectivity index (χ0v) is 7.91. The molecule has 15 heavy (non-hydrogen) atoms. The van der Waals surface area contributed by atoms with E-state index in [0.717, 1.165) is 0 Å². The van der Waals surface area contributed by atoms with Gasteiger partial charge >= 0.3 is 6.18 Å². The average Bonchev–Trinajstić information content (AvgIpc) is 2.50. The third-order valence-electron chi connectivity index (χ3n) is 1.37. The van der Waals surface area contributed by atoms with E-state index < -0.39 is 18.8 Å². The molecule has 1 heterocycles. The van der Waals surface area contributed by atoms with Crippen molar-refractivity contribution in [2.45, 2.75) is 25.7 Å². The number of alkyl halides is 3. The quantitative estimate of drug-likeness (QED) is 0.832. The van der Waals surface area contributed by atoms with Crippen molar-refractivity contribution in [1.29, 1.82) is 0 Å². The Morgan fingerprint density at radius 2 is 2.20 bits per heavy atom. The molecule has 1 atom stereocenters. The van der Waals surface area contributed by atoms with Gasteiger partial charge in [0.25, 0.3) is 0 Å². The van der Waals surface area contributed by atoms with E-state index >= 15 is 0 Å². The van der Waals surface area contributed by atoms with Crippen LogP contribution in [-0.2, 0) is 11.3 Å². The molecule has 0 spiro atoms. The molecule has 5 nitrogen and oxygen atoms in total. The van der Waals surface area contributed by atoms with E-state index in [9.17, 15) is 13.2 Å². The van der Waals surface area contributed by atoms with Gasteiger partial charge in [-0.3, -0.25) is 0 Å². The number of hydrogen-bond acceptors (Lipinski definition) is 5. The first-order valence-corrected chi connectivity index (χ1v) is 4.11. The van der Waals surface area contributed by atoms with E-state index in [0.29, 0.717) is 0 Å². The van der Waals surface area contributed by atoms with Gasteiger partial charge < -0.3 is 15.0 Å². The van der Waals surface area contributed by atoms with Crippen LogP contribution in [0.15, 0.2) is 4.52 Å². The number of halogens is 3. The second-order valence-corrected chi connectivity index (χ2v) is 2.95.